The Labute approximate surface area is 259 Å². The van der Waals surface area contributed by atoms with Crippen LogP contribution in [0.4, 0.5) is 4.79 Å². The minimum atomic E-state index is -3.32. The molecule has 5 rings (SSSR count). The highest BCUT2D eigenvalue weighted by molar-refractivity contribution is 7.90. The zero-order valence-electron chi connectivity index (χ0n) is 25.5. The molecule has 43 heavy (non-hydrogen) atoms. The van der Waals surface area contributed by atoms with Gasteiger partial charge in [0.25, 0.3) is 0 Å². The van der Waals surface area contributed by atoms with Gasteiger partial charge >= 0.3 is 6.09 Å². The number of rotatable bonds is 6. The van der Waals surface area contributed by atoms with Crippen molar-refractivity contribution >= 4 is 27.5 Å². The number of hydrogen-bond donors (Lipinski definition) is 0. The van der Waals surface area contributed by atoms with Crippen molar-refractivity contribution in [2.24, 2.45) is 0 Å². The molecule has 1 fully saturated rings. The first-order valence-electron chi connectivity index (χ1n) is 14.4. The summed E-state index contributed by atoms with van der Waals surface area (Å²) in [6.45, 7) is 10.4. The molecule has 4 aromatic rings. The summed E-state index contributed by atoms with van der Waals surface area (Å²) in [5.74, 6) is 0.790. The minimum absolute atomic E-state index is 0.213. The Morgan fingerprint density at radius 3 is 2.30 bits per heavy atom. The van der Waals surface area contributed by atoms with Gasteiger partial charge in [-0.25, -0.2) is 18.2 Å². The van der Waals surface area contributed by atoms with Crippen LogP contribution in [0.1, 0.15) is 70.6 Å². The highest BCUT2D eigenvalue weighted by atomic mass is 35.5. The van der Waals surface area contributed by atoms with E-state index in [1.165, 1.54) is 6.26 Å². The molecule has 2 heterocycles. The number of carbonyl (C=O) groups is 1. The maximum absolute atomic E-state index is 13.1. The fourth-order valence-electron chi connectivity index (χ4n) is 5.62. The van der Waals surface area contributed by atoms with Crippen molar-refractivity contribution in [1.82, 2.24) is 14.5 Å². The molecule has 0 saturated carbocycles. The Morgan fingerprint density at radius 2 is 1.65 bits per heavy atom. The molecule has 0 bridgehead atoms. The number of nitrogens with zero attached hydrogens (tertiary/aromatic N) is 3. The first kappa shape index (κ1) is 30.8. The van der Waals surface area contributed by atoms with Crippen LogP contribution in [0.5, 0.6) is 0 Å². The second-order valence-corrected chi connectivity index (χ2v) is 15.1. The number of imidazole rings is 1. The Balaban J connectivity index is 1.59. The quantitative estimate of drug-likeness (QED) is 0.218. The summed E-state index contributed by atoms with van der Waals surface area (Å²) >= 11 is 6.70. The van der Waals surface area contributed by atoms with Gasteiger partial charge in [-0.15, -0.1) is 0 Å². The average Bonchev–Trinajstić information content (AvgIpc) is 3.60. The van der Waals surface area contributed by atoms with Crippen molar-refractivity contribution in [3.63, 3.8) is 0 Å². The lowest BCUT2D eigenvalue weighted by atomic mass is 9.83. The second-order valence-electron chi connectivity index (χ2n) is 12.6. The van der Waals surface area contributed by atoms with Gasteiger partial charge in [0.15, 0.2) is 9.84 Å². The molecule has 0 spiro atoms. The standard InChI is InChI=1S/C34H38ClN3O4S/c1-33(2,3)42-32(39)37-20-10-15-30(37)29-22-38(31(36-29)34(4,5)27-13-7-8-14-28(27)35)25-18-16-23(17-19-25)24-11-9-12-26(21-24)43(6,40)41/h7-9,11-14,16-19,21-22,30H,10,15,20H2,1-6H3. The predicted octanol–water partition coefficient (Wildman–Crippen LogP) is 7.99. The van der Waals surface area contributed by atoms with E-state index in [1.807, 2.05) is 81.6 Å². The molecule has 0 aliphatic carbocycles. The number of halogens is 1. The lowest BCUT2D eigenvalue weighted by Gasteiger charge is -2.28. The number of carbonyl (C=O) groups excluding carboxylic acids is 1. The molecular formula is C34H38ClN3O4S. The van der Waals surface area contributed by atoms with Crippen LogP contribution in [-0.2, 0) is 20.0 Å². The smallest absolute Gasteiger partial charge is 0.410 e. The van der Waals surface area contributed by atoms with Crippen molar-refractivity contribution in [1.29, 1.82) is 0 Å². The molecule has 1 aliphatic rings. The molecule has 1 unspecified atom stereocenters. The largest absolute Gasteiger partial charge is 0.444 e. The van der Waals surface area contributed by atoms with Gasteiger partial charge in [-0.05, 0) is 94.5 Å². The van der Waals surface area contributed by atoms with Gasteiger partial charge < -0.3 is 9.30 Å². The van der Waals surface area contributed by atoms with Crippen molar-refractivity contribution < 1.29 is 17.9 Å². The molecule has 1 atom stereocenters. The van der Waals surface area contributed by atoms with E-state index in [2.05, 4.69) is 18.4 Å². The van der Waals surface area contributed by atoms with E-state index < -0.39 is 20.9 Å². The van der Waals surface area contributed by atoms with Crippen LogP contribution in [0.25, 0.3) is 16.8 Å². The van der Waals surface area contributed by atoms with Crippen molar-refractivity contribution in [2.75, 3.05) is 12.8 Å². The third-order valence-corrected chi connectivity index (χ3v) is 9.23. The lowest BCUT2D eigenvalue weighted by Crippen LogP contribution is -2.36. The number of amides is 1. The van der Waals surface area contributed by atoms with Crippen LogP contribution in [-0.4, -0.2) is 47.4 Å². The van der Waals surface area contributed by atoms with E-state index >= 15 is 0 Å². The van der Waals surface area contributed by atoms with E-state index in [0.29, 0.717) is 11.6 Å². The third kappa shape index (κ3) is 6.50. The Morgan fingerprint density at radius 1 is 0.953 bits per heavy atom. The van der Waals surface area contributed by atoms with Crippen molar-refractivity contribution in [2.45, 2.75) is 69.4 Å². The number of hydrogen-bond acceptors (Lipinski definition) is 5. The van der Waals surface area contributed by atoms with E-state index in [4.69, 9.17) is 21.3 Å². The minimum Gasteiger partial charge on any atom is -0.444 e. The van der Waals surface area contributed by atoms with Gasteiger partial charge in [0, 0.05) is 35.1 Å². The number of ether oxygens (including phenoxy) is 1. The number of aromatic nitrogens is 2. The molecule has 1 saturated heterocycles. The molecule has 1 aliphatic heterocycles. The highest BCUT2D eigenvalue weighted by Crippen LogP contribution is 2.40. The van der Waals surface area contributed by atoms with Gasteiger partial charge in [0.1, 0.15) is 11.4 Å². The SMILES string of the molecule is CC(C)(C)OC(=O)N1CCCC1c1cn(-c2ccc(-c3cccc(S(C)(=O)=O)c3)cc2)c(C(C)(C)c2ccccc2Cl)n1. The predicted molar refractivity (Wildman–Crippen MR) is 171 cm³/mol. The summed E-state index contributed by atoms with van der Waals surface area (Å²) < 4.78 is 32.0. The van der Waals surface area contributed by atoms with Crippen LogP contribution < -0.4 is 0 Å². The van der Waals surface area contributed by atoms with Crippen molar-refractivity contribution in [3.8, 4) is 16.8 Å². The Bertz CT molecular complexity index is 1750. The first-order chi connectivity index (χ1) is 20.1. The summed E-state index contributed by atoms with van der Waals surface area (Å²) in [6.07, 6.45) is 4.54. The summed E-state index contributed by atoms with van der Waals surface area (Å²) in [7, 11) is -3.32. The average molecular weight is 620 g/mol. The molecule has 3 aromatic carbocycles. The molecule has 7 nitrogen and oxygen atoms in total. The molecule has 226 valence electrons. The van der Waals surface area contributed by atoms with E-state index in [-0.39, 0.29) is 17.0 Å². The Kier molecular flexibility index (Phi) is 8.22. The fraction of sp³-hybridized carbons (Fsp3) is 0.353. The monoisotopic (exact) mass is 619 g/mol. The Hall–Kier alpha value is -3.62. The third-order valence-electron chi connectivity index (χ3n) is 7.79. The highest BCUT2D eigenvalue weighted by Gasteiger charge is 2.37. The molecule has 0 radical (unpaired) electrons. The molecule has 0 N–H and O–H groups in total. The summed E-state index contributed by atoms with van der Waals surface area (Å²) in [5.41, 5.74) is 3.17. The zero-order chi connectivity index (χ0) is 31.2. The van der Waals surface area contributed by atoms with E-state index in [0.717, 1.165) is 46.7 Å². The lowest BCUT2D eigenvalue weighted by molar-refractivity contribution is 0.0221. The molecule has 1 amide bonds. The van der Waals surface area contributed by atoms with Crippen molar-refractivity contribution in [3.05, 3.63) is 101 Å². The summed E-state index contributed by atoms with van der Waals surface area (Å²) in [4.78, 5) is 20.4. The summed E-state index contributed by atoms with van der Waals surface area (Å²) in [6, 6.07) is 22.5. The molecule has 1 aromatic heterocycles. The number of sulfone groups is 1. The maximum atomic E-state index is 13.1. The van der Waals surface area contributed by atoms with Crippen LogP contribution >= 0.6 is 11.6 Å². The van der Waals surface area contributed by atoms with Crippen LogP contribution in [0.3, 0.4) is 0 Å². The van der Waals surface area contributed by atoms with Crippen LogP contribution in [0, 0.1) is 0 Å². The van der Waals surface area contributed by atoms with Gasteiger partial charge in [-0.3, -0.25) is 4.90 Å². The molecular weight excluding hydrogens is 582 g/mol. The van der Waals surface area contributed by atoms with Gasteiger partial charge in [0.05, 0.1) is 16.6 Å². The number of likely N-dealkylation sites (tertiary alicyclic amines) is 1. The zero-order valence-corrected chi connectivity index (χ0v) is 27.0. The second kappa shape index (κ2) is 11.5. The van der Waals surface area contributed by atoms with Crippen LogP contribution in [0.15, 0.2) is 83.9 Å². The molecule has 9 heteroatoms. The van der Waals surface area contributed by atoms with Gasteiger partial charge in [0.2, 0.25) is 0 Å². The van der Waals surface area contributed by atoms with E-state index in [1.54, 1.807) is 23.1 Å². The number of benzene rings is 3. The topological polar surface area (TPSA) is 81.5 Å². The van der Waals surface area contributed by atoms with Gasteiger partial charge in [-0.2, -0.15) is 0 Å². The van der Waals surface area contributed by atoms with E-state index in [9.17, 15) is 13.2 Å². The first-order valence-corrected chi connectivity index (χ1v) is 16.7. The summed E-state index contributed by atoms with van der Waals surface area (Å²) in [5, 5.41) is 0.654. The fourth-order valence-corrected chi connectivity index (χ4v) is 6.66. The maximum Gasteiger partial charge on any atom is 0.410 e. The van der Waals surface area contributed by atoms with Gasteiger partial charge in [-0.1, -0.05) is 54.1 Å². The normalized spacial score (nSPS) is 16.0. The van der Waals surface area contributed by atoms with Crippen LogP contribution in [0.2, 0.25) is 5.02 Å².